The van der Waals surface area contributed by atoms with Crippen molar-refractivity contribution in [2.45, 2.75) is 38.7 Å². The number of hydrogen-bond donors (Lipinski definition) is 1. The van der Waals surface area contributed by atoms with Gasteiger partial charge in [-0.3, -0.25) is 0 Å². The quantitative estimate of drug-likeness (QED) is 0.595. The minimum absolute atomic E-state index is 0.501. The number of aryl methyl sites for hydroxylation is 2. The summed E-state index contributed by atoms with van der Waals surface area (Å²) in [7, 11) is 0. The molecule has 0 unspecified atom stereocenters. The smallest absolute Gasteiger partial charge is 0.347 e. The molecule has 1 aliphatic rings. The number of thiazole rings is 1. The number of rotatable bonds is 4. The Kier molecular flexibility index (Phi) is 4.28. The first-order chi connectivity index (χ1) is 12.3. The summed E-state index contributed by atoms with van der Waals surface area (Å²) in [5.74, 6) is -0.506. The van der Waals surface area contributed by atoms with Crippen LogP contribution in [-0.4, -0.2) is 21.7 Å². The summed E-state index contributed by atoms with van der Waals surface area (Å²) in [6.45, 7) is 3.06. The van der Waals surface area contributed by atoms with Gasteiger partial charge >= 0.3 is 5.97 Å². The minimum Gasteiger partial charge on any atom is -0.478 e. The van der Waals surface area contributed by atoms with Crippen molar-refractivity contribution in [1.29, 1.82) is 0 Å². The zero-order valence-electron chi connectivity index (χ0n) is 14.5. The van der Waals surface area contributed by atoms with Crippen molar-refractivity contribution in [3.8, 4) is 16.3 Å². The third-order valence-electron chi connectivity index (χ3n) is 4.66. The molecule has 0 spiro atoms. The lowest BCUT2D eigenvalue weighted by Crippen LogP contribution is -2.37. The van der Waals surface area contributed by atoms with Crippen LogP contribution in [0, 0.1) is 0 Å². The van der Waals surface area contributed by atoms with Gasteiger partial charge in [0, 0.05) is 5.56 Å². The fourth-order valence-electron chi connectivity index (χ4n) is 3.15. The van der Waals surface area contributed by atoms with E-state index >= 15 is 0 Å². The maximum Gasteiger partial charge on any atom is 0.347 e. The summed E-state index contributed by atoms with van der Waals surface area (Å²) < 4.78 is 7.56. The molecule has 0 saturated heterocycles. The van der Waals surface area contributed by atoms with Gasteiger partial charge in [0.15, 0.2) is 5.60 Å². The highest BCUT2D eigenvalue weighted by Gasteiger charge is 2.30. The van der Waals surface area contributed by atoms with Crippen molar-refractivity contribution in [2.75, 3.05) is 0 Å². The number of ether oxygens (including phenoxy) is 1. The number of benzene rings is 2. The molecule has 134 valence electrons. The van der Waals surface area contributed by atoms with Crippen molar-refractivity contribution >= 4 is 43.5 Å². The highest BCUT2D eigenvalue weighted by molar-refractivity contribution is 9.10. The molecular weight excluding hydrogens is 414 g/mol. The van der Waals surface area contributed by atoms with E-state index in [1.807, 2.05) is 12.1 Å². The number of nitrogens with zero attached hydrogens (tertiary/aromatic N) is 1. The number of aromatic nitrogens is 1. The van der Waals surface area contributed by atoms with Crippen molar-refractivity contribution in [1.82, 2.24) is 4.98 Å². The minimum atomic E-state index is -1.29. The lowest BCUT2D eigenvalue weighted by molar-refractivity contribution is -0.152. The molecule has 4 rings (SSSR count). The Bertz CT molecular complexity index is 984. The largest absolute Gasteiger partial charge is 0.478 e. The first kappa shape index (κ1) is 17.5. The maximum atomic E-state index is 11.3. The number of carboxylic acids is 1. The van der Waals surface area contributed by atoms with Crippen LogP contribution in [0.1, 0.15) is 31.4 Å². The summed E-state index contributed by atoms with van der Waals surface area (Å²) in [5, 5.41) is 10.2. The van der Waals surface area contributed by atoms with E-state index in [1.54, 1.807) is 17.4 Å². The second-order valence-corrected chi connectivity index (χ2v) is 8.91. The topological polar surface area (TPSA) is 59.4 Å². The van der Waals surface area contributed by atoms with E-state index in [-0.39, 0.29) is 0 Å². The average Bonchev–Trinajstić information content (AvgIpc) is 3.19. The molecular formula is C20H18BrNO3S. The van der Waals surface area contributed by atoms with Crippen LogP contribution in [0.25, 0.3) is 20.8 Å². The molecule has 0 atom stereocenters. The third kappa shape index (κ3) is 3.12. The normalized spacial score (nSPS) is 13.8. The van der Waals surface area contributed by atoms with Gasteiger partial charge in [-0.15, -0.1) is 11.3 Å². The molecule has 0 aliphatic heterocycles. The Labute approximate surface area is 164 Å². The Balaban J connectivity index is 1.67. The van der Waals surface area contributed by atoms with Crippen LogP contribution >= 0.6 is 27.3 Å². The summed E-state index contributed by atoms with van der Waals surface area (Å²) in [6.07, 6.45) is 3.55. The van der Waals surface area contributed by atoms with Gasteiger partial charge in [-0.1, -0.05) is 0 Å². The molecule has 1 N–H and O–H groups in total. The molecule has 0 bridgehead atoms. The van der Waals surface area contributed by atoms with Crippen LogP contribution in [0.5, 0.6) is 5.75 Å². The average molecular weight is 432 g/mol. The molecule has 1 aromatic heterocycles. The van der Waals surface area contributed by atoms with E-state index in [1.165, 1.54) is 36.1 Å². The van der Waals surface area contributed by atoms with E-state index < -0.39 is 11.6 Å². The molecule has 1 heterocycles. The van der Waals surface area contributed by atoms with Gasteiger partial charge in [-0.2, -0.15) is 0 Å². The van der Waals surface area contributed by atoms with Gasteiger partial charge in [0.1, 0.15) is 10.8 Å². The van der Waals surface area contributed by atoms with Crippen molar-refractivity contribution in [2.24, 2.45) is 0 Å². The van der Waals surface area contributed by atoms with Crippen LogP contribution in [0.3, 0.4) is 0 Å². The molecule has 0 amide bonds. The lowest BCUT2D eigenvalue weighted by atomic mass is 10.1. The molecule has 0 radical (unpaired) electrons. The molecule has 0 fully saturated rings. The van der Waals surface area contributed by atoms with E-state index in [2.05, 4.69) is 28.1 Å². The van der Waals surface area contributed by atoms with Gasteiger partial charge in [0.05, 0.1) is 14.7 Å². The second-order valence-electron chi connectivity index (χ2n) is 7.02. The van der Waals surface area contributed by atoms with E-state index in [9.17, 15) is 9.90 Å². The predicted octanol–water partition coefficient (Wildman–Crippen LogP) is 5.46. The number of carbonyl (C=O) groups is 1. The van der Waals surface area contributed by atoms with Crippen molar-refractivity contribution in [3.63, 3.8) is 0 Å². The number of hydrogen-bond acceptors (Lipinski definition) is 4. The zero-order chi connectivity index (χ0) is 18.5. The van der Waals surface area contributed by atoms with Gasteiger partial charge in [-0.25, -0.2) is 9.78 Å². The second kappa shape index (κ2) is 6.35. The lowest BCUT2D eigenvalue weighted by Gasteiger charge is -2.22. The van der Waals surface area contributed by atoms with E-state index in [4.69, 9.17) is 9.72 Å². The molecule has 2 aromatic carbocycles. The summed E-state index contributed by atoms with van der Waals surface area (Å²) in [5.41, 5.74) is 3.62. The van der Waals surface area contributed by atoms with Gasteiger partial charge < -0.3 is 9.84 Å². The Morgan fingerprint density at radius 2 is 1.96 bits per heavy atom. The SMILES string of the molecule is CC(C)(Oc1ccc(-c2nc3cc4c(cc3s2)CCC4)cc1Br)C(=O)O. The zero-order valence-corrected chi connectivity index (χ0v) is 16.9. The molecule has 26 heavy (non-hydrogen) atoms. The molecule has 4 nitrogen and oxygen atoms in total. The summed E-state index contributed by atoms with van der Waals surface area (Å²) in [4.78, 5) is 16.1. The van der Waals surface area contributed by atoms with E-state index in [0.717, 1.165) is 28.9 Å². The van der Waals surface area contributed by atoms with Gasteiger partial charge in [0.2, 0.25) is 0 Å². The summed E-state index contributed by atoms with van der Waals surface area (Å²) >= 11 is 5.17. The Morgan fingerprint density at radius 3 is 2.65 bits per heavy atom. The number of halogens is 1. The maximum absolute atomic E-state index is 11.3. The molecule has 6 heteroatoms. The predicted molar refractivity (Wildman–Crippen MR) is 107 cm³/mol. The number of fused-ring (bicyclic) bond motifs is 2. The Morgan fingerprint density at radius 1 is 1.23 bits per heavy atom. The van der Waals surface area contributed by atoms with Crippen molar-refractivity contribution < 1.29 is 14.6 Å². The van der Waals surface area contributed by atoms with Crippen LogP contribution < -0.4 is 4.74 Å². The Hall–Kier alpha value is -1.92. The van der Waals surface area contributed by atoms with Crippen molar-refractivity contribution in [3.05, 3.63) is 45.9 Å². The summed E-state index contributed by atoms with van der Waals surface area (Å²) in [6, 6.07) is 10.1. The molecule has 1 aliphatic carbocycles. The van der Waals surface area contributed by atoms with Crippen LogP contribution in [0.2, 0.25) is 0 Å². The highest BCUT2D eigenvalue weighted by atomic mass is 79.9. The van der Waals surface area contributed by atoms with Crippen LogP contribution in [0.4, 0.5) is 0 Å². The van der Waals surface area contributed by atoms with Gasteiger partial charge in [0.25, 0.3) is 0 Å². The first-order valence-electron chi connectivity index (χ1n) is 8.48. The highest BCUT2D eigenvalue weighted by Crippen LogP contribution is 2.37. The third-order valence-corrected chi connectivity index (χ3v) is 6.35. The van der Waals surface area contributed by atoms with E-state index in [0.29, 0.717) is 10.2 Å². The van der Waals surface area contributed by atoms with Crippen LogP contribution in [0.15, 0.2) is 34.8 Å². The monoisotopic (exact) mass is 431 g/mol. The standard InChI is InChI=1S/C20H18BrNO3S/c1-20(2,19(23)24)25-16-7-6-13(8-14(16)21)18-22-15-9-11-4-3-5-12(11)10-17(15)26-18/h6-10H,3-5H2,1-2H3,(H,23,24). The number of aliphatic carboxylic acids is 1. The fraction of sp³-hybridized carbons (Fsp3) is 0.300. The fourth-order valence-corrected chi connectivity index (χ4v) is 4.62. The van der Waals surface area contributed by atoms with Crippen LogP contribution in [-0.2, 0) is 17.6 Å². The molecule has 3 aromatic rings. The first-order valence-corrected chi connectivity index (χ1v) is 10.1. The number of carboxylic acid groups (broad SMARTS) is 1. The molecule has 0 saturated carbocycles. The van der Waals surface area contributed by atoms with Gasteiger partial charge in [-0.05, 0) is 90.5 Å².